The van der Waals surface area contributed by atoms with Crippen LogP contribution in [0.4, 0.5) is 5.69 Å². The first-order valence-corrected chi connectivity index (χ1v) is 11.3. The molecule has 1 saturated heterocycles. The van der Waals surface area contributed by atoms with Crippen molar-refractivity contribution in [2.45, 2.75) is 19.9 Å². The van der Waals surface area contributed by atoms with E-state index in [1.54, 1.807) is 18.4 Å². The normalized spacial score (nSPS) is 15.5. The first-order chi connectivity index (χ1) is 14.7. The minimum Gasteiger partial charge on any atom is -0.497 e. The Morgan fingerprint density at radius 3 is 2.43 bits per heavy atom. The molecule has 0 radical (unpaired) electrons. The third kappa shape index (κ3) is 5.01. The van der Waals surface area contributed by atoms with Gasteiger partial charge in [-0.3, -0.25) is 4.90 Å². The maximum absolute atomic E-state index is 5.48. The molecule has 5 nitrogen and oxygen atoms in total. The number of hydrogen-bond acceptors (Lipinski definition) is 5. The smallest absolute Gasteiger partial charge is 0.190 e. The highest BCUT2D eigenvalue weighted by atomic mass is 32.1. The summed E-state index contributed by atoms with van der Waals surface area (Å²) in [6.07, 6.45) is 1.08. The zero-order chi connectivity index (χ0) is 20.8. The molecule has 4 rings (SSSR count). The van der Waals surface area contributed by atoms with Gasteiger partial charge < -0.3 is 14.0 Å². The van der Waals surface area contributed by atoms with Gasteiger partial charge in [0.05, 0.1) is 31.7 Å². The van der Waals surface area contributed by atoms with Crippen molar-refractivity contribution in [3.63, 3.8) is 0 Å². The average molecular weight is 424 g/mol. The summed E-state index contributed by atoms with van der Waals surface area (Å²) in [6, 6.07) is 18.5. The van der Waals surface area contributed by atoms with Gasteiger partial charge in [0.1, 0.15) is 5.75 Å². The molecule has 1 fully saturated rings. The second-order valence-electron chi connectivity index (χ2n) is 7.42. The maximum Gasteiger partial charge on any atom is 0.190 e. The molecular weight excluding hydrogens is 394 g/mol. The van der Waals surface area contributed by atoms with Gasteiger partial charge >= 0.3 is 0 Å². The Morgan fingerprint density at radius 1 is 1.00 bits per heavy atom. The fourth-order valence-corrected chi connectivity index (χ4v) is 4.86. The number of rotatable bonds is 7. The van der Waals surface area contributed by atoms with Crippen molar-refractivity contribution in [2.75, 3.05) is 40.0 Å². The highest BCUT2D eigenvalue weighted by molar-refractivity contribution is 7.09. The Kier molecular flexibility index (Phi) is 7.00. The van der Waals surface area contributed by atoms with Gasteiger partial charge in [-0.25, -0.2) is 4.99 Å². The number of benzene rings is 2. The van der Waals surface area contributed by atoms with E-state index < -0.39 is 0 Å². The zero-order valence-corrected chi connectivity index (χ0v) is 18.5. The molecule has 0 aliphatic carbocycles. The molecule has 0 N–H and O–H groups in total. The first kappa shape index (κ1) is 20.8. The van der Waals surface area contributed by atoms with Crippen LogP contribution in [0.5, 0.6) is 5.75 Å². The molecule has 0 atom stereocenters. The number of nitrogens with zero attached hydrogens (tertiary/aromatic N) is 3. The topological polar surface area (TPSA) is 39.0 Å². The summed E-state index contributed by atoms with van der Waals surface area (Å²) in [6.45, 7) is 7.95. The predicted molar refractivity (Wildman–Crippen MR) is 123 cm³/mol. The molecular formula is C24H29N3O2S. The van der Waals surface area contributed by atoms with Gasteiger partial charge in [0.15, 0.2) is 4.80 Å². The second kappa shape index (κ2) is 10.1. The summed E-state index contributed by atoms with van der Waals surface area (Å²) in [5.74, 6) is 0.875. The number of aryl methyl sites for hydroxylation is 1. The van der Waals surface area contributed by atoms with Crippen LogP contribution in [-0.2, 0) is 11.3 Å². The number of ether oxygens (including phenoxy) is 2. The number of morpholine rings is 1. The number of para-hydroxylation sites is 1. The molecule has 0 bridgehead atoms. The van der Waals surface area contributed by atoms with Crippen LogP contribution in [0.3, 0.4) is 0 Å². The van der Waals surface area contributed by atoms with Crippen LogP contribution >= 0.6 is 11.3 Å². The van der Waals surface area contributed by atoms with E-state index in [-0.39, 0.29) is 0 Å². The SMILES string of the molecule is COc1ccc(-c2c(C)sc(=Nc3ccccc3)n2CCCN2CCOCC2)cc1. The highest BCUT2D eigenvalue weighted by Gasteiger charge is 2.15. The second-order valence-corrected chi connectivity index (χ2v) is 8.61. The lowest BCUT2D eigenvalue weighted by Gasteiger charge is -2.26. The molecule has 0 unspecified atom stereocenters. The van der Waals surface area contributed by atoms with Crippen molar-refractivity contribution >= 4 is 17.0 Å². The molecule has 6 heteroatoms. The standard InChI is InChI=1S/C24H29N3O2S/c1-19-23(20-9-11-22(28-2)12-10-20)27(14-6-13-26-15-17-29-18-16-26)24(30-19)25-21-7-4-3-5-8-21/h3-5,7-12H,6,13-18H2,1-2H3. The Bertz CT molecular complexity index is 1000. The third-order valence-corrected chi connectivity index (χ3v) is 6.38. The summed E-state index contributed by atoms with van der Waals surface area (Å²) < 4.78 is 13.2. The van der Waals surface area contributed by atoms with Gasteiger partial charge in [0, 0.05) is 31.1 Å². The summed E-state index contributed by atoms with van der Waals surface area (Å²) in [5, 5.41) is 0. The Labute approximate surface area is 182 Å². The number of methoxy groups -OCH3 is 1. The summed E-state index contributed by atoms with van der Waals surface area (Å²) in [7, 11) is 1.70. The van der Waals surface area contributed by atoms with Gasteiger partial charge in [-0.2, -0.15) is 0 Å². The van der Waals surface area contributed by atoms with E-state index in [4.69, 9.17) is 14.5 Å². The van der Waals surface area contributed by atoms with Crippen LogP contribution in [0.2, 0.25) is 0 Å². The number of thiazole rings is 1. The van der Waals surface area contributed by atoms with Crippen molar-refractivity contribution in [3.8, 4) is 17.0 Å². The molecule has 1 aliphatic heterocycles. The fraction of sp³-hybridized carbons (Fsp3) is 0.375. The molecule has 2 heterocycles. The van der Waals surface area contributed by atoms with Crippen LogP contribution in [-0.4, -0.2) is 49.4 Å². The van der Waals surface area contributed by atoms with E-state index >= 15 is 0 Å². The molecule has 0 amide bonds. The van der Waals surface area contributed by atoms with Crippen LogP contribution in [0.1, 0.15) is 11.3 Å². The van der Waals surface area contributed by atoms with Gasteiger partial charge in [0.2, 0.25) is 0 Å². The Hall–Kier alpha value is -2.41. The number of hydrogen-bond donors (Lipinski definition) is 0. The van der Waals surface area contributed by atoms with Crippen molar-refractivity contribution < 1.29 is 9.47 Å². The third-order valence-electron chi connectivity index (χ3n) is 5.38. The van der Waals surface area contributed by atoms with Crippen molar-refractivity contribution in [1.29, 1.82) is 0 Å². The molecule has 0 spiro atoms. The quantitative estimate of drug-likeness (QED) is 0.562. The minimum absolute atomic E-state index is 0.844. The Balaban J connectivity index is 1.66. The largest absolute Gasteiger partial charge is 0.497 e. The predicted octanol–water partition coefficient (Wildman–Crippen LogP) is 4.49. The lowest BCUT2D eigenvalue weighted by molar-refractivity contribution is 0.0369. The first-order valence-electron chi connectivity index (χ1n) is 10.5. The number of aromatic nitrogens is 1. The van der Waals surface area contributed by atoms with Gasteiger partial charge in [-0.15, -0.1) is 11.3 Å². The van der Waals surface area contributed by atoms with Gasteiger partial charge in [0.25, 0.3) is 0 Å². The van der Waals surface area contributed by atoms with Gasteiger partial charge in [-0.1, -0.05) is 18.2 Å². The van der Waals surface area contributed by atoms with Gasteiger partial charge in [-0.05, 0) is 55.3 Å². The Morgan fingerprint density at radius 2 is 1.73 bits per heavy atom. The monoisotopic (exact) mass is 423 g/mol. The zero-order valence-electron chi connectivity index (χ0n) is 17.7. The molecule has 158 valence electrons. The lowest BCUT2D eigenvalue weighted by Crippen LogP contribution is -2.37. The molecule has 1 aliphatic rings. The van der Waals surface area contributed by atoms with E-state index in [1.165, 1.54) is 16.1 Å². The summed E-state index contributed by atoms with van der Waals surface area (Å²) in [5.41, 5.74) is 3.44. The van der Waals surface area contributed by atoms with Crippen LogP contribution in [0.15, 0.2) is 59.6 Å². The molecule has 3 aromatic rings. The van der Waals surface area contributed by atoms with Crippen molar-refractivity contribution in [2.24, 2.45) is 4.99 Å². The minimum atomic E-state index is 0.844. The molecule has 0 saturated carbocycles. The fourth-order valence-electron chi connectivity index (χ4n) is 3.81. The maximum atomic E-state index is 5.48. The average Bonchev–Trinajstić information content (AvgIpc) is 3.10. The van der Waals surface area contributed by atoms with Crippen LogP contribution < -0.4 is 9.54 Å². The van der Waals surface area contributed by atoms with Crippen molar-refractivity contribution in [3.05, 3.63) is 64.3 Å². The molecule has 30 heavy (non-hydrogen) atoms. The summed E-state index contributed by atoms with van der Waals surface area (Å²) >= 11 is 1.76. The van der Waals surface area contributed by atoms with E-state index in [9.17, 15) is 0 Å². The van der Waals surface area contributed by atoms with Crippen LogP contribution in [0, 0.1) is 6.92 Å². The summed E-state index contributed by atoms with van der Waals surface area (Å²) in [4.78, 5) is 9.79. The van der Waals surface area contributed by atoms with E-state index in [0.717, 1.165) is 62.1 Å². The van der Waals surface area contributed by atoms with E-state index in [1.807, 2.05) is 30.3 Å². The molecule has 1 aromatic heterocycles. The molecule has 2 aromatic carbocycles. The van der Waals surface area contributed by atoms with Crippen molar-refractivity contribution in [1.82, 2.24) is 9.47 Å². The highest BCUT2D eigenvalue weighted by Crippen LogP contribution is 2.28. The van der Waals surface area contributed by atoms with Crippen LogP contribution in [0.25, 0.3) is 11.3 Å². The van der Waals surface area contributed by atoms with E-state index in [2.05, 4.69) is 40.7 Å². The van der Waals surface area contributed by atoms with E-state index in [0.29, 0.717) is 0 Å². The lowest BCUT2D eigenvalue weighted by atomic mass is 10.1.